The molecule has 4 rings (SSSR count). The van der Waals surface area contributed by atoms with E-state index >= 15 is 0 Å². The minimum Gasteiger partial charge on any atom is -0.393 e. The molecule has 1 fully saturated rings. The third-order valence-corrected chi connectivity index (χ3v) is 4.49. The molecule has 0 unspecified atom stereocenters. The lowest BCUT2D eigenvalue weighted by atomic mass is 10.0. The highest BCUT2D eigenvalue weighted by atomic mass is 16.3. The molecule has 1 aliphatic heterocycles. The fraction of sp³-hybridized carbons (Fsp3) is 0.278. The number of rotatable bonds is 2. The van der Waals surface area contributed by atoms with Gasteiger partial charge in [0, 0.05) is 35.9 Å². The molecule has 0 atom stereocenters. The van der Waals surface area contributed by atoms with Gasteiger partial charge in [-0.3, -0.25) is 4.79 Å². The number of hydrogen-bond donors (Lipinski definition) is 2. The van der Waals surface area contributed by atoms with Gasteiger partial charge in [-0.05, 0) is 36.6 Å². The van der Waals surface area contributed by atoms with Gasteiger partial charge in [0.15, 0.2) is 0 Å². The van der Waals surface area contributed by atoms with Gasteiger partial charge in [0.2, 0.25) is 0 Å². The number of fused-ring (bicyclic) bond motifs is 1. The SMILES string of the molecule is O=C(c1ccc(-c2cc3cncnc3[nH]2)cc1)N1CCC(O)CC1. The summed E-state index contributed by atoms with van der Waals surface area (Å²) in [5, 5.41) is 10.5. The quantitative estimate of drug-likeness (QED) is 0.758. The Morgan fingerprint density at radius 2 is 1.96 bits per heavy atom. The summed E-state index contributed by atoms with van der Waals surface area (Å²) in [5.74, 6) is 0.0240. The van der Waals surface area contributed by atoms with E-state index in [0.717, 1.165) is 22.3 Å². The molecule has 2 N–H and O–H groups in total. The van der Waals surface area contributed by atoms with Crippen LogP contribution in [0.1, 0.15) is 23.2 Å². The summed E-state index contributed by atoms with van der Waals surface area (Å²) in [7, 11) is 0. The molecule has 6 nitrogen and oxygen atoms in total. The van der Waals surface area contributed by atoms with E-state index in [9.17, 15) is 9.90 Å². The molecular formula is C18H18N4O2. The summed E-state index contributed by atoms with van der Waals surface area (Å²) >= 11 is 0. The number of benzene rings is 1. The number of amides is 1. The maximum absolute atomic E-state index is 12.5. The van der Waals surface area contributed by atoms with E-state index in [1.54, 1.807) is 11.1 Å². The zero-order valence-corrected chi connectivity index (χ0v) is 13.1. The Hall–Kier alpha value is -2.73. The summed E-state index contributed by atoms with van der Waals surface area (Å²) in [5.41, 5.74) is 3.42. The number of aliphatic hydroxyl groups excluding tert-OH is 1. The smallest absolute Gasteiger partial charge is 0.253 e. The Labute approximate surface area is 139 Å². The second-order valence-corrected chi connectivity index (χ2v) is 6.11. The van der Waals surface area contributed by atoms with Crippen molar-refractivity contribution in [1.29, 1.82) is 0 Å². The van der Waals surface area contributed by atoms with Crippen LogP contribution in [0, 0.1) is 0 Å². The van der Waals surface area contributed by atoms with Crippen LogP contribution in [-0.2, 0) is 0 Å². The molecule has 3 aromatic rings. The van der Waals surface area contributed by atoms with Crippen molar-refractivity contribution in [1.82, 2.24) is 19.9 Å². The van der Waals surface area contributed by atoms with Crippen molar-refractivity contribution >= 4 is 16.9 Å². The fourth-order valence-corrected chi connectivity index (χ4v) is 3.07. The Morgan fingerprint density at radius 1 is 1.21 bits per heavy atom. The number of nitrogens with one attached hydrogen (secondary N) is 1. The van der Waals surface area contributed by atoms with Crippen molar-refractivity contribution in [2.75, 3.05) is 13.1 Å². The molecule has 1 aromatic carbocycles. The van der Waals surface area contributed by atoms with Crippen LogP contribution in [0.5, 0.6) is 0 Å². The van der Waals surface area contributed by atoms with Crippen LogP contribution in [0.25, 0.3) is 22.3 Å². The molecule has 1 saturated heterocycles. The van der Waals surface area contributed by atoms with Crippen molar-refractivity contribution in [3.8, 4) is 11.3 Å². The van der Waals surface area contributed by atoms with E-state index in [0.29, 0.717) is 31.5 Å². The zero-order chi connectivity index (χ0) is 16.5. The summed E-state index contributed by atoms with van der Waals surface area (Å²) in [6.45, 7) is 1.23. The third kappa shape index (κ3) is 2.76. The molecule has 0 saturated carbocycles. The number of carbonyl (C=O) groups is 1. The van der Waals surface area contributed by atoms with Gasteiger partial charge in [0.1, 0.15) is 12.0 Å². The molecule has 122 valence electrons. The molecule has 6 heteroatoms. The first-order chi connectivity index (χ1) is 11.7. The Balaban J connectivity index is 1.55. The highest BCUT2D eigenvalue weighted by Gasteiger charge is 2.22. The maximum Gasteiger partial charge on any atom is 0.253 e. The van der Waals surface area contributed by atoms with Crippen LogP contribution in [0.15, 0.2) is 42.9 Å². The fourth-order valence-electron chi connectivity index (χ4n) is 3.07. The Bertz CT molecular complexity index is 831. The summed E-state index contributed by atoms with van der Waals surface area (Å²) in [4.78, 5) is 25.8. The van der Waals surface area contributed by atoms with E-state index in [1.807, 2.05) is 30.3 Å². The summed E-state index contributed by atoms with van der Waals surface area (Å²) < 4.78 is 0. The van der Waals surface area contributed by atoms with E-state index in [4.69, 9.17) is 0 Å². The van der Waals surface area contributed by atoms with E-state index in [-0.39, 0.29) is 12.0 Å². The van der Waals surface area contributed by atoms with Crippen molar-refractivity contribution in [2.24, 2.45) is 0 Å². The van der Waals surface area contributed by atoms with Gasteiger partial charge in [-0.2, -0.15) is 0 Å². The molecule has 0 radical (unpaired) electrons. The van der Waals surface area contributed by atoms with Crippen LogP contribution in [-0.4, -0.2) is 50.1 Å². The molecule has 0 bridgehead atoms. The maximum atomic E-state index is 12.5. The van der Waals surface area contributed by atoms with Gasteiger partial charge in [0.25, 0.3) is 5.91 Å². The van der Waals surface area contributed by atoms with Crippen molar-refractivity contribution in [2.45, 2.75) is 18.9 Å². The predicted octanol–water partition coefficient (Wildman–Crippen LogP) is 2.22. The van der Waals surface area contributed by atoms with Gasteiger partial charge in [0.05, 0.1) is 6.10 Å². The lowest BCUT2D eigenvalue weighted by molar-refractivity contribution is 0.0546. The zero-order valence-electron chi connectivity index (χ0n) is 13.1. The average Bonchev–Trinajstić information content (AvgIpc) is 3.06. The minimum atomic E-state index is -0.276. The molecule has 0 aliphatic carbocycles. The van der Waals surface area contributed by atoms with Crippen molar-refractivity contribution in [3.63, 3.8) is 0 Å². The highest BCUT2D eigenvalue weighted by molar-refractivity contribution is 5.95. The molecule has 3 heterocycles. The average molecular weight is 322 g/mol. The Morgan fingerprint density at radius 3 is 2.67 bits per heavy atom. The number of hydrogen-bond acceptors (Lipinski definition) is 4. The van der Waals surface area contributed by atoms with Crippen LogP contribution < -0.4 is 0 Å². The number of nitrogens with zero attached hydrogens (tertiary/aromatic N) is 3. The van der Waals surface area contributed by atoms with Gasteiger partial charge < -0.3 is 15.0 Å². The minimum absolute atomic E-state index is 0.0240. The number of aromatic nitrogens is 3. The molecule has 1 amide bonds. The predicted molar refractivity (Wildman–Crippen MR) is 90.5 cm³/mol. The normalized spacial score (nSPS) is 15.8. The van der Waals surface area contributed by atoms with Gasteiger partial charge in [-0.15, -0.1) is 0 Å². The van der Waals surface area contributed by atoms with Gasteiger partial charge in [-0.1, -0.05) is 12.1 Å². The lowest BCUT2D eigenvalue weighted by Gasteiger charge is -2.29. The molecule has 1 aliphatic rings. The van der Waals surface area contributed by atoms with Gasteiger partial charge >= 0.3 is 0 Å². The van der Waals surface area contributed by atoms with Crippen LogP contribution in [0.2, 0.25) is 0 Å². The molecular weight excluding hydrogens is 304 g/mol. The topological polar surface area (TPSA) is 82.1 Å². The first-order valence-electron chi connectivity index (χ1n) is 8.07. The summed E-state index contributed by atoms with van der Waals surface area (Å²) in [6, 6.07) is 9.56. The van der Waals surface area contributed by atoms with Crippen LogP contribution in [0.4, 0.5) is 0 Å². The van der Waals surface area contributed by atoms with Crippen LogP contribution >= 0.6 is 0 Å². The highest BCUT2D eigenvalue weighted by Crippen LogP contribution is 2.23. The van der Waals surface area contributed by atoms with E-state index in [2.05, 4.69) is 15.0 Å². The number of carbonyl (C=O) groups excluding carboxylic acids is 1. The number of piperidine rings is 1. The third-order valence-electron chi connectivity index (χ3n) is 4.49. The molecule has 24 heavy (non-hydrogen) atoms. The van der Waals surface area contributed by atoms with E-state index < -0.39 is 0 Å². The number of H-pyrrole nitrogens is 1. The molecule has 0 spiro atoms. The number of likely N-dealkylation sites (tertiary alicyclic amines) is 1. The van der Waals surface area contributed by atoms with Crippen LogP contribution in [0.3, 0.4) is 0 Å². The Kier molecular flexibility index (Phi) is 3.74. The standard InChI is InChI=1S/C18H18N4O2/c23-15-5-7-22(8-6-15)18(24)13-3-1-12(2-4-13)16-9-14-10-19-11-20-17(14)21-16/h1-4,9-11,15,23H,5-8H2,(H,19,20,21). The number of aromatic amines is 1. The van der Waals surface area contributed by atoms with E-state index in [1.165, 1.54) is 6.33 Å². The second-order valence-electron chi connectivity index (χ2n) is 6.11. The first-order valence-corrected chi connectivity index (χ1v) is 8.07. The lowest BCUT2D eigenvalue weighted by Crippen LogP contribution is -2.40. The largest absolute Gasteiger partial charge is 0.393 e. The number of aliphatic hydroxyl groups is 1. The molecule has 2 aromatic heterocycles. The second kappa shape index (κ2) is 6.05. The van der Waals surface area contributed by atoms with Gasteiger partial charge in [-0.25, -0.2) is 9.97 Å². The van der Waals surface area contributed by atoms with Crippen molar-refractivity contribution < 1.29 is 9.90 Å². The van der Waals surface area contributed by atoms with Crippen molar-refractivity contribution in [3.05, 3.63) is 48.4 Å². The summed E-state index contributed by atoms with van der Waals surface area (Å²) in [6.07, 6.45) is 4.31. The monoisotopic (exact) mass is 322 g/mol. The first kappa shape index (κ1) is 14.8.